The Balaban J connectivity index is 2.45. The number of benzene rings is 1. The lowest BCUT2D eigenvalue weighted by Crippen LogP contribution is -2.47. The smallest absolute Gasteiger partial charge is 0.234 e. The predicted octanol–water partition coefficient (Wildman–Crippen LogP) is 2.36. The molecule has 1 aromatic rings. The molecule has 1 aromatic carbocycles. The van der Waals surface area contributed by atoms with Crippen LogP contribution in [0.2, 0.25) is 5.02 Å². The second-order valence-electron chi connectivity index (χ2n) is 6.81. The van der Waals surface area contributed by atoms with Crippen LogP contribution >= 0.6 is 11.6 Å². The Bertz CT molecular complexity index is 555. The summed E-state index contributed by atoms with van der Waals surface area (Å²) < 4.78 is 0. The Morgan fingerprint density at radius 2 is 1.83 bits per heavy atom. The molecule has 2 amide bonds. The summed E-state index contributed by atoms with van der Waals surface area (Å²) in [7, 11) is 1.74. The SMILES string of the molecule is C[C@@H](NC(=O)CN(C)CC(=O)NC(C)(C)C)c1cccc(Cl)c1. The van der Waals surface area contributed by atoms with Gasteiger partial charge in [0.25, 0.3) is 0 Å². The number of nitrogens with zero attached hydrogens (tertiary/aromatic N) is 1. The summed E-state index contributed by atoms with van der Waals surface area (Å²) in [6.07, 6.45) is 0. The summed E-state index contributed by atoms with van der Waals surface area (Å²) in [5.74, 6) is -0.237. The van der Waals surface area contributed by atoms with Gasteiger partial charge in [-0.25, -0.2) is 0 Å². The molecule has 1 rings (SSSR count). The van der Waals surface area contributed by atoms with Crippen LogP contribution in [0.15, 0.2) is 24.3 Å². The molecule has 1 atom stereocenters. The van der Waals surface area contributed by atoms with Crippen molar-refractivity contribution in [3.05, 3.63) is 34.9 Å². The van der Waals surface area contributed by atoms with Crippen molar-refractivity contribution in [2.75, 3.05) is 20.1 Å². The summed E-state index contributed by atoms with van der Waals surface area (Å²) in [6, 6.07) is 7.24. The molecule has 5 nitrogen and oxygen atoms in total. The van der Waals surface area contributed by atoms with Crippen molar-refractivity contribution in [2.45, 2.75) is 39.3 Å². The van der Waals surface area contributed by atoms with Crippen molar-refractivity contribution < 1.29 is 9.59 Å². The van der Waals surface area contributed by atoms with Gasteiger partial charge in [0.05, 0.1) is 19.1 Å². The van der Waals surface area contributed by atoms with Crippen LogP contribution in [0.1, 0.15) is 39.3 Å². The van der Waals surface area contributed by atoms with Crippen LogP contribution in [0.5, 0.6) is 0 Å². The van der Waals surface area contributed by atoms with E-state index in [1.54, 1.807) is 18.0 Å². The highest BCUT2D eigenvalue weighted by atomic mass is 35.5. The highest BCUT2D eigenvalue weighted by Gasteiger charge is 2.17. The first-order valence-electron chi connectivity index (χ1n) is 7.61. The third-order valence-corrected chi connectivity index (χ3v) is 3.30. The fourth-order valence-corrected chi connectivity index (χ4v) is 2.35. The van der Waals surface area contributed by atoms with E-state index in [4.69, 9.17) is 11.6 Å². The Kier molecular flexibility index (Phi) is 7.03. The minimum absolute atomic E-state index is 0.101. The van der Waals surface area contributed by atoms with Gasteiger partial charge in [0.1, 0.15) is 0 Å². The van der Waals surface area contributed by atoms with Gasteiger partial charge in [-0.3, -0.25) is 14.5 Å². The number of nitrogens with one attached hydrogen (secondary N) is 2. The highest BCUT2D eigenvalue weighted by Crippen LogP contribution is 2.17. The molecule has 128 valence electrons. The molecule has 2 N–H and O–H groups in total. The molecule has 6 heteroatoms. The normalized spacial score (nSPS) is 12.8. The van der Waals surface area contributed by atoms with E-state index in [0.29, 0.717) is 5.02 Å². The minimum atomic E-state index is -0.277. The second-order valence-corrected chi connectivity index (χ2v) is 7.25. The van der Waals surface area contributed by atoms with Gasteiger partial charge in [-0.1, -0.05) is 23.7 Å². The summed E-state index contributed by atoms with van der Waals surface area (Å²) in [5.41, 5.74) is 0.667. The van der Waals surface area contributed by atoms with Crippen LogP contribution in [0.25, 0.3) is 0 Å². The minimum Gasteiger partial charge on any atom is -0.350 e. The molecular formula is C17H26ClN3O2. The fourth-order valence-electron chi connectivity index (χ4n) is 2.15. The van der Waals surface area contributed by atoms with E-state index >= 15 is 0 Å². The number of carbonyl (C=O) groups is 2. The predicted molar refractivity (Wildman–Crippen MR) is 93.4 cm³/mol. The first-order valence-corrected chi connectivity index (χ1v) is 7.99. The van der Waals surface area contributed by atoms with Crippen LogP contribution in [0, 0.1) is 0 Å². The molecule has 0 saturated carbocycles. The number of likely N-dealkylation sites (N-methyl/N-ethyl adjacent to an activating group) is 1. The average Bonchev–Trinajstić information content (AvgIpc) is 2.35. The molecule has 0 unspecified atom stereocenters. The van der Waals surface area contributed by atoms with Crippen molar-refractivity contribution in [3.8, 4) is 0 Å². The maximum absolute atomic E-state index is 12.1. The maximum atomic E-state index is 12.1. The molecule has 0 aliphatic carbocycles. The molecule has 0 saturated heterocycles. The van der Waals surface area contributed by atoms with Crippen LogP contribution in [-0.2, 0) is 9.59 Å². The monoisotopic (exact) mass is 339 g/mol. The van der Waals surface area contributed by atoms with Crippen molar-refractivity contribution in [1.29, 1.82) is 0 Å². The van der Waals surface area contributed by atoms with E-state index in [9.17, 15) is 9.59 Å². The van der Waals surface area contributed by atoms with Crippen LogP contribution in [0.3, 0.4) is 0 Å². The third-order valence-electron chi connectivity index (χ3n) is 3.07. The molecule has 0 aliphatic heterocycles. The van der Waals surface area contributed by atoms with Crippen molar-refractivity contribution in [3.63, 3.8) is 0 Å². The van der Waals surface area contributed by atoms with E-state index in [-0.39, 0.29) is 36.5 Å². The van der Waals surface area contributed by atoms with E-state index in [2.05, 4.69) is 10.6 Å². The molecule has 0 radical (unpaired) electrons. The molecule has 0 aliphatic rings. The van der Waals surface area contributed by atoms with Gasteiger partial charge in [-0.05, 0) is 52.4 Å². The number of amides is 2. The maximum Gasteiger partial charge on any atom is 0.234 e. The molecule has 0 heterocycles. The largest absolute Gasteiger partial charge is 0.350 e. The average molecular weight is 340 g/mol. The zero-order valence-corrected chi connectivity index (χ0v) is 15.2. The molecule has 0 bridgehead atoms. The van der Waals surface area contributed by atoms with Crippen molar-refractivity contribution >= 4 is 23.4 Å². The number of rotatable bonds is 6. The summed E-state index contributed by atoms with van der Waals surface area (Å²) in [5, 5.41) is 6.41. The number of halogens is 1. The van der Waals surface area contributed by atoms with Gasteiger partial charge in [0.15, 0.2) is 0 Å². The fraction of sp³-hybridized carbons (Fsp3) is 0.529. The van der Waals surface area contributed by atoms with Gasteiger partial charge < -0.3 is 10.6 Å². The van der Waals surface area contributed by atoms with Crippen LogP contribution in [-0.4, -0.2) is 42.4 Å². The first kappa shape index (κ1) is 19.5. The standard InChI is InChI=1S/C17H26ClN3O2/c1-12(13-7-6-8-14(18)9-13)19-15(22)10-21(5)11-16(23)20-17(2,3)4/h6-9,12H,10-11H2,1-5H3,(H,19,22)(H,20,23)/t12-/m1/s1. The van der Waals surface area contributed by atoms with Crippen LogP contribution < -0.4 is 10.6 Å². The molecule has 23 heavy (non-hydrogen) atoms. The van der Waals surface area contributed by atoms with E-state index in [1.807, 2.05) is 45.9 Å². The first-order chi connectivity index (χ1) is 10.6. The van der Waals surface area contributed by atoms with E-state index in [0.717, 1.165) is 5.56 Å². The van der Waals surface area contributed by atoms with Gasteiger partial charge in [0.2, 0.25) is 11.8 Å². The Morgan fingerprint density at radius 1 is 1.22 bits per heavy atom. The summed E-state index contributed by atoms with van der Waals surface area (Å²) in [4.78, 5) is 25.6. The molecule has 0 aromatic heterocycles. The number of hydrogen-bond donors (Lipinski definition) is 2. The zero-order chi connectivity index (χ0) is 17.6. The Labute approximate surface area is 143 Å². The van der Waals surface area contributed by atoms with Crippen molar-refractivity contribution in [2.24, 2.45) is 0 Å². The topological polar surface area (TPSA) is 61.4 Å². The second kappa shape index (κ2) is 8.31. The zero-order valence-electron chi connectivity index (χ0n) is 14.4. The van der Waals surface area contributed by atoms with E-state index < -0.39 is 0 Å². The Hall–Kier alpha value is -1.59. The quantitative estimate of drug-likeness (QED) is 0.836. The van der Waals surface area contributed by atoms with Gasteiger partial charge in [-0.2, -0.15) is 0 Å². The number of hydrogen-bond acceptors (Lipinski definition) is 3. The highest BCUT2D eigenvalue weighted by molar-refractivity contribution is 6.30. The molecular weight excluding hydrogens is 314 g/mol. The lowest BCUT2D eigenvalue weighted by molar-refractivity contribution is -0.125. The van der Waals surface area contributed by atoms with Gasteiger partial charge in [-0.15, -0.1) is 0 Å². The summed E-state index contributed by atoms with van der Waals surface area (Å²) in [6.45, 7) is 7.99. The van der Waals surface area contributed by atoms with Gasteiger partial charge >= 0.3 is 0 Å². The van der Waals surface area contributed by atoms with Crippen LogP contribution in [0.4, 0.5) is 0 Å². The summed E-state index contributed by atoms with van der Waals surface area (Å²) >= 11 is 5.95. The molecule has 0 fully saturated rings. The Morgan fingerprint density at radius 3 is 2.39 bits per heavy atom. The lowest BCUT2D eigenvalue weighted by Gasteiger charge is -2.23. The van der Waals surface area contributed by atoms with Gasteiger partial charge in [0, 0.05) is 10.6 Å². The van der Waals surface area contributed by atoms with Crippen molar-refractivity contribution in [1.82, 2.24) is 15.5 Å². The third kappa shape index (κ3) is 8.00. The lowest BCUT2D eigenvalue weighted by atomic mass is 10.1. The van der Waals surface area contributed by atoms with E-state index in [1.165, 1.54) is 0 Å². The molecule has 0 spiro atoms. The number of carbonyl (C=O) groups excluding carboxylic acids is 2.